The second-order valence-electron chi connectivity index (χ2n) is 5.06. The van der Waals surface area contributed by atoms with Crippen molar-refractivity contribution in [2.45, 2.75) is 32.2 Å². The van der Waals surface area contributed by atoms with Crippen molar-refractivity contribution in [2.24, 2.45) is 12.8 Å². The molecule has 0 fully saturated rings. The number of nitrogens with two attached hydrogens (primary N) is 1. The number of nitrogens with zero attached hydrogens (tertiary/aromatic N) is 3. The summed E-state index contributed by atoms with van der Waals surface area (Å²) in [7, 11) is 1.82. The van der Waals surface area contributed by atoms with Crippen LogP contribution in [0, 0.1) is 0 Å². The van der Waals surface area contributed by atoms with Crippen LogP contribution in [0.3, 0.4) is 0 Å². The molecule has 0 atom stereocenters. The Kier molecular flexibility index (Phi) is 4.04. The van der Waals surface area contributed by atoms with Gasteiger partial charge in [-0.15, -0.1) is 5.10 Å². The largest absolute Gasteiger partial charge is 0.345 e. The third-order valence-electron chi connectivity index (χ3n) is 4.00. The average molecular weight is 275 g/mol. The highest BCUT2D eigenvalue weighted by molar-refractivity contribution is 5.97. The van der Waals surface area contributed by atoms with Crippen molar-refractivity contribution in [3.05, 3.63) is 23.8 Å². The van der Waals surface area contributed by atoms with Crippen molar-refractivity contribution in [2.75, 3.05) is 6.54 Å². The molecule has 2 rings (SSSR count). The molecule has 1 aromatic carbocycles. The van der Waals surface area contributed by atoms with Crippen LogP contribution < -0.4 is 11.1 Å². The number of benzene rings is 1. The molecule has 1 aromatic heterocycles. The van der Waals surface area contributed by atoms with E-state index < -0.39 is 0 Å². The van der Waals surface area contributed by atoms with E-state index >= 15 is 0 Å². The van der Waals surface area contributed by atoms with E-state index in [4.69, 9.17) is 5.73 Å². The van der Waals surface area contributed by atoms with Gasteiger partial charge >= 0.3 is 0 Å². The Morgan fingerprint density at radius 1 is 1.40 bits per heavy atom. The second-order valence-corrected chi connectivity index (χ2v) is 5.06. The maximum absolute atomic E-state index is 12.4. The van der Waals surface area contributed by atoms with Gasteiger partial charge in [-0.25, -0.2) is 4.68 Å². The minimum Gasteiger partial charge on any atom is -0.345 e. The first kappa shape index (κ1) is 14.5. The molecule has 20 heavy (non-hydrogen) atoms. The van der Waals surface area contributed by atoms with Crippen LogP contribution >= 0.6 is 0 Å². The number of aromatic nitrogens is 3. The molecule has 0 aliphatic heterocycles. The highest BCUT2D eigenvalue weighted by Crippen LogP contribution is 2.16. The molecule has 6 heteroatoms. The average Bonchev–Trinajstić information content (AvgIpc) is 2.86. The number of hydrogen-bond donors (Lipinski definition) is 2. The van der Waals surface area contributed by atoms with E-state index in [2.05, 4.69) is 15.6 Å². The molecular formula is C14H21N5O. The summed E-state index contributed by atoms with van der Waals surface area (Å²) in [6.45, 7) is 4.49. The third-order valence-corrected chi connectivity index (χ3v) is 4.00. The first-order valence-corrected chi connectivity index (χ1v) is 6.87. The minimum absolute atomic E-state index is 0.119. The summed E-state index contributed by atoms with van der Waals surface area (Å²) in [6.07, 6.45) is 1.61. The Labute approximate surface area is 118 Å². The number of nitrogens with one attached hydrogen (secondary N) is 1. The van der Waals surface area contributed by atoms with Crippen LogP contribution in [0.15, 0.2) is 18.2 Å². The summed E-state index contributed by atoms with van der Waals surface area (Å²) < 4.78 is 1.68. The molecule has 0 spiro atoms. The number of aryl methyl sites for hydroxylation is 1. The molecule has 1 heterocycles. The van der Waals surface area contributed by atoms with Gasteiger partial charge in [-0.2, -0.15) is 0 Å². The van der Waals surface area contributed by atoms with Gasteiger partial charge in [0.1, 0.15) is 5.52 Å². The van der Waals surface area contributed by atoms with Gasteiger partial charge in [-0.3, -0.25) is 4.79 Å². The number of fused-ring (bicyclic) bond motifs is 1. The fourth-order valence-electron chi connectivity index (χ4n) is 2.26. The van der Waals surface area contributed by atoms with Crippen molar-refractivity contribution in [3.63, 3.8) is 0 Å². The first-order valence-electron chi connectivity index (χ1n) is 6.87. The summed E-state index contributed by atoms with van der Waals surface area (Å²) in [6, 6.07) is 5.39. The van der Waals surface area contributed by atoms with E-state index in [0.717, 1.165) is 18.4 Å². The standard InChI is InChI=1S/C14H21N5O/c1-4-14(5-2,9-15)16-13(20)10-6-7-12-11(8-10)17-18-19(12)3/h6-8H,4-5,9,15H2,1-3H3,(H,16,20). The summed E-state index contributed by atoms with van der Waals surface area (Å²) in [5.41, 5.74) is 7.67. The molecule has 0 saturated heterocycles. The Balaban J connectivity index is 2.27. The predicted molar refractivity (Wildman–Crippen MR) is 78.3 cm³/mol. The minimum atomic E-state index is -0.339. The normalized spacial score (nSPS) is 11.8. The number of rotatable bonds is 5. The van der Waals surface area contributed by atoms with Crippen LogP contribution in [-0.2, 0) is 7.05 Å². The van der Waals surface area contributed by atoms with Crippen molar-refractivity contribution in [1.82, 2.24) is 20.3 Å². The SMILES string of the molecule is CCC(CC)(CN)NC(=O)c1ccc2c(c1)nnn2C. The molecule has 0 saturated carbocycles. The van der Waals surface area contributed by atoms with Gasteiger partial charge in [0, 0.05) is 19.2 Å². The van der Waals surface area contributed by atoms with Crippen LogP contribution in [0.2, 0.25) is 0 Å². The Morgan fingerprint density at radius 2 is 2.10 bits per heavy atom. The zero-order chi connectivity index (χ0) is 14.8. The van der Waals surface area contributed by atoms with E-state index in [-0.39, 0.29) is 11.4 Å². The summed E-state index contributed by atoms with van der Waals surface area (Å²) in [4.78, 5) is 12.4. The topological polar surface area (TPSA) is 85.8 Å². The van der Waals surface area contributed by atoms with E-state index in [1.807, 2.05) is 27.0 Å². The highest BCUT2D eigenvalue weighted by atomic mass is 16.1. The van der Waals surface area contributed by atoms with Crippen molar-refractivity contribution in [1.29, 1.82) is 0 Å². The summed E-state index contributed by atoms with van der Waals surface area (Å²) >= 11 is 0. The third kappa shape index (κ3) is 2.51. The lowest BCUT2D eigenvalue weighted by atomic mass is 9.92. The highest BCUT2D eigenvalue weighted by Gasteiger charge is 2.26. The van der Waals surface area contributed by atoms with Crippen molar-refractivity contribution >= 4 is 16.9 Å². The molecule has 0 bridgehead atoms. The molecule has 2 aromatic rings. The summed E-state index contributed by atoms with van der Waals surface area (Å²) in [5, 5.41) is 11.0. The zero-order valence-electron chi connectivity index (χ0n) is 12.2. The fraction of sp³-hybridized carbons (Fsp3) is 0.500. The molecule has 108 valence electrons. The lowest BCUT2D eigenvalue weighted by Gasteiger charge is -2.31. The molecule has 0 unspecified atom stereocenters. The molecule has 0 radical (unpaired) electrons. The van der Waals surface area contributed by atoms with Crippen LogP contribution in [0.1, 0.15) is 37.0 Å². The first-order chi connectivity index (χ1) is 9.55. The van der Waals surface area contributed by atoms with Gasteiger partial charge in [-0.1, -0.05) is 19.1 Å². The Bertz CT molecular complexity index is 607. The maximum Gasteiger partial charge on any atom is 0.251 e. The van der Waals surface area contributed by atoms with Gasteiger partial charge in [-0.05, 0) is 31.0 Å². The fourth-order valence-corrected chi connectivity index (χ4v) is 2.26. The van der Waals surface area contributed by atoms with E-state index in [9.17, 15) is 4.79 Å². The molecular weight excluding hydrogens is 254 g/mol. The zero-order valence-corrected chi connectivity index (χ0v) is 12.2. The molecule has 1 amide bonds. The molecule has 3 N–H and O–H groups in total. The number of amides is 1. The van der Waals surface area contributed by atoms with Gasteiger partial charge in [0.2, 0.25) is 0 Å². The number of carbonyl (C=O) groups excluding carboxylic acids is 1. The van der Waals surface area contributed by atoms with E-state index in [1.165, 1.54) is 0 Å². The predicted octanol–water partition coefficient (Wildman–Crippen LogP) is 1.22. The van der Waals surface area contributed by atoms with Crippen molar-refractivity contribution in [3.8, 4) is 0 Å². The molecule has 0 aliphatic carbocycles. The second kappa shape index (κ2) is 5.58. The van der Waals surface area contributed by atoms with E-state index in [1.54, 1.807) is 16.8 Å². The number of carbonyl (C=O) groups is 1. The molecule has 6 nitrogen and oxygen atoms in total. The Hall–Kier alpha value is -1.95. The quantitative estimate of drug-likeness (QED) is 0.859. The Morgan fingerprint density at radius 3 is 2.70 bits per heavy atom. The monoisotopic (exact) mass is 275 g/mol. The van der Waals surface area contributed by atoms with Gasteiger partial charge < -0.3 is 11.1 Å². The van der Waals surface area contributed by atoms with Crippen LogP contribution in [0.5, 0.6) is 0 Å². The number of hydrogen-bond acceptors (Lipinski definition) is 4. The molecule has 0 aliphatic rings. The van der Waals surface area contributed by atoms with Gasteiger partial charge in [0.15, 0.2) is 0 Å². The van der Waals surface area contributed by atoms with Crippen LogP contribution in [0.4, 0.5) is 0 Å². The smallest absolute Gasteiger partial charge is 0.251 e. The van der Waals surface area contributed by atoms with Gasteiger partial charge in [0.25, 0.3) is 5.91 Å². The summed E-state index contributed by atoms with van der Waals surface area (Å²) in [5.74, 6) is -0.119. The lowest BCUT2D eigenvalue weighted by Crippen LogP contribution is -2.52. The van der Waals surface area contributed by atoms with Crippen molar-refractivity contribution < 1.29 is 4.79 Å². The van der Waals surface area contributed by atoms with Gasteiger partial charge in [0.05, 0.1) is 11.1 Å². The van der Waals surface area contributed by atoms with E-state index in [0.29, 0.717) is 17.6 Å². The van der Waals surface area contributed by atoms with Crippen LogP contribution in [-0.4, -0.2) is 33.0 Å². The lowest BCUT2D eigenvalue weighted by molar-refractivity contribution is 0.0895. The maximum atomic E-state index is 12.4. The van der Waals surface area contributed by atoms with Crippen LogP contribution in [0.25, 0.3) is 11.0 Å².